The maximum atomic E-state index is 5.91. The number of ether oxygens (including phenoxy) is 1. The molecule has 1 saturated carbocycles. The van der Waals surface area contributed by atoms with E-state index in [1.165, 1.54) is 6.33 Å². The Kier molecular flexibility index (Phi) is 3.60. The highest BCUT2D eigenvalue weighted by Gasteiger charge is 2.25. The fourth-order valence-corrected chi connectivity index (χ4v) is 2.44. The lowest BCUT2D eigenvalue weighted by molar-refractivity contribution is 0.301. The van der Waals surface area contributed by atoms with Gasteiger partial charge in [0.2, 0.25) is 17.6 Å². The van der Waals surface area contributed by atoms with Gasteiger partial charge < -0.3 is 15.0 Å². The molecule has 2 aromatic heterocycles. The molecule has 2 aromatic rings. The molecule has 1 aliphatic carbocycles. The fraction of sp³-hybridized carbons (Fsp3) is 0.538. The fourth-order valence-electron chi connectivity index (χ4n) is 2.44. The minimum Gasteiger partial charge on any atom is -0.481 e. The second-order valence-electron chi connectivity index (χ2n) is 5.01. The van der Waals surface area contributed by atoms with Crippen molar-refractivity contribution < 1.29 is 9.26 Å². The van der Waals surface area contributed by atoms with Gasteiger partial charge in [-0.25, -0.2) is 9.97 Å². The maximum Gasteiger partial charge on any atom is 0.230 e. The van der Waals surface area contributed by atoms with Crippen molar-refractivity contribution in [3.05, 3.63) is 18.3 Å². The average molecular weight is 275 g/mol. The van der Waals surface area contributed by atoms with Gasteiger partial charge in [0, 0.05) is 18.0 Å². The summed E-state index contributed by atoms with van der Waals surface area (Å²) >= 11 is 0. The molecule has 0 aliphatic heterocycles. The van der Waals surface area contributed by atoms with Crippen LogP contribution in [0.3, 0.4) is 0 Å². The summed E-state index contributed by atoms with van der Waals surface area (Å²) in [4.78, 5) is 12.5. The summed E-state index contributed by atoms with van der Waals surface area (Å²) in [5.74, 6) is 1.92. The van der Waals surface area contributed by atoms with Gasteiger partial charge in [-0.1, -0.05) is 5.16 Å². The summed E-state index contributed by atoms with van der Waals surface area (Å²) in [7, 11) is 1.55. The molecule has 1 aliphatic rings. The van der Waals surface area contributed by atoms with E-state index in [9.17, 15) is 0 Å². The molecule has 106 valence electrons. The topological polar surface area (TPSA) is 100.0 Å². The zero-order valence-corrected chi connectivity index (χ0v) is 11.3. The largest absolute Gasteiger partial charge is 0.481 e. The third kappa shape index (κ3) is 2.62. The molecular formula is C13H17N5O2. The quantitative estimate of drug-likeness (QED) is 0.906. The lowest BCUT2D eigenvalue weighted by Crippen LogP contribution is -2.25. The number of nitrogens with two attached hydrogens (primary N) is 1. The number of nitrogens with zero attached hydrogens (tertiary/aromatic N) is 4. The zero-order chi connectivity index (χ0) is 13.9. The van der Waals surface area contributed by atoms with Crippen LogP contribution in [0.2, 0.25) is 0 Å². The first-order chi connectivity index (χ1) is 9.76. The van der Waals surface area contributed by atoms with Crippen LogP contribution in [-0.4, -0.2) is 33.3 Å². The summed E-state index contributed by atoms with van der Waals surface area (Å²) in [5.41, 5.74) is 6.50. The van der Waals surface area contributed by atoms with E-state index in [0.29, 0.717) is 35.2 Å². The summed E-state index contributed by atoms with van der Waals surface area (Å²) < 4.78 is 10.4. The summed E-state index contributed by atoms with van der Waals surface area (Å²) in [6.07, 6.45) is 5.42. The molecule has 2 heterocycles. The van der Waals surface area contributed by atoms with Crippen LogP contribution in [0.4, 0.5) is 0 Å². The number of methoxy groups -OCH3 is 1. The van der Waals surface area contributed by atoms with E-state index in [0.717, 1.165) is 25.7 Å². The van der Waals surface area contributed by atoms with Crippen molar-refractivity contribution in [2.24, 2.45) is 5.73 Å². The Morgan fingerprint density at radius 3 is 2.80 bits per heavy atom. The standard InChI is InChI=1S/C13H17N5O2/c1-19-11-6-10(15-7-16-11)12-17-13(20-18-12)8-2-4-9(14)5-3-8/h6-9H,2-5,14H2,1H3. The van der Waals surface area contributed by atoms with Crippen LogP contribution in [0.1, 0.15) is 37.5 Å². The van der Waals surface area contributed by atoms with Gasteiger partial charge in [-0.2, -0.15) is 4.98 Å². The SMILES string of the molecule is COc1cc(-c2noc(C3CCC(N)CC3)n2)ncn1. The number of hydrogen-bond acceptors (Lipinski definition) is 7. The first kappa shape index (κ1) is 13.0. The van der Waals surface area contributed by atoms with Gasteiger partial charge in [0.25, 0.3) is 0 Å². The van der Waals surface area contributed by atoms with E-state index < -0.39 is 0 Å². The molecule has 0 radical (unpaired) electrons. The van der Waals surface area contributed by atoms with Crippen LogP contribution >= 0.6 is 0 Å². The molecule has 0 saturated heterocycles. The molecule has 1 fully saturated rings. The van der Waals surface area contributed by atoms with Crippen molar-refractivity contribution >= 4 is 0 Å². The third-order valence-electron chi connectivity index (χ3n) is 3.64. The van der Waals surface area contributed by atoms with Crippen molar-refractivity contribution in [1.82, 2.24) is 20.1 Å². The summed E-state index contributed by atoms with van der Waals surface area (Å²) in [5, 5.41) is 3.99. The second kappa shape index (κ2) is 5.54. The highest BCUT2D eigenvalue weighted by Crippen LogP contribution is 2.32. The molecule has 0 amide bonds. The first-order valence-corrected chi connectivity index (χ1v) is 6.72. The molecule has 0 atom stereocenters. The first-order valence-electron chi connectivity index (χ1n) is 6.72. The van der Waals surface area contributed by atoms with E-state index in [4.69, 9.17) is 15.0 Å². The number of rotatable bonds is 3. The average Bonchev–Trinajstić information content (AvgIpc) is 2.98. The minimum absolute atomic E-state index is 0.305. The number of aromatic nitrogens is 4. The van der Waals surface area contributed by atoms with Gasteiger partial charge >= 0.3 is 0 Å². The second-order valence-corrected chi connectivity index (χ2v) is 5.01. The molecule has 3 rings (SSSR count). The van der Waals surface area contributed by atoms with E-state index in [2.05, 4.69) is 20.1 Å². The molecule has 2 N–H and O–H groups in total. The van der Waals surface area contributed by atoms with E-state index in [1.54, 1.807) is 13.2 Å². The Morgan fingerprint density at radius 2 is 2.05 bits per heavy atom. The Bertz CT molecular complexity index is 578. The molecule has 7 nitrogen and oxygen atoms in total. The van der Waals surface area contributed by atoms with Gasteiger partial charge in [-0.05, 0) is 25.7 Å². The van der Waals surface area contributed by atoms with Gasteiger partial charge in [0.1, 0.15) is 12.0 Å². The molecule has 0 unspecified atom stereocenters. The normalized spacial score (nSPS) is 22.7. The molecule has 7 heteroatoms. The molecule has 20 heavy (non-hydrogen) atoms. The smallest absolute Gasteiger partial charge is 0.230 e. The van der Waals surface area contributed by atoms with Crippen LogP contribution in [-0.2, 0) is 0 Å². The van der Waals surface area contributed by atoms with Gasteiger partial charge in [0.15, 0.2) is 0 Å². The molecule has 0 bridgehead atoms. The molecule has 0 spiro atoms. The predicted molar refractivity (Wildman–Crippen MR) is 71.1 cm³/mol. The summed E-state index contributed by atoms with van der Waals surface area (Å²) in [6, 6.07) is 1.99. The lowest BCUT2D eigenvalue weighted by Gasteiger charge is -2.22. The van der Waals surface area contributed by atoms with E-state index in [1.807, 2.05) is 0 Å². The van der Waals surface area contributed by atoms with Gasteiger partial charge in [-0.3, -0.25) is 0 Å². The van der Waals surface area contributed by atoms with Crippen molar-refractivity contribution in [1.29, 1.82) is 0 Å². The van der Waals surface area contributed by atoms with Crippen molar-refractivity contribution in [3.8, 4) is 17.4 Å². The van der Waals surface area contributed by atoms with Crippen LogP contribution < -0.4 is 10.5 Å². The zero-order valence-electron chi connectivity index (χ0n) is 11.3. The molecular weight excluding hydrogens is 258 g/mol. The van der Waals surface area contributed by atoms with Crippen LogP contribution in [0.15, 0.2) is 16.9 Å². The van der Waals surface area contributed by atoms with Gasteiger partial charge in [-0.15, -0.1) is 0 Å². The lowest BCUT2D eigenvalue weighted by atomic mass is 9.86. The van der Waals surface area contributed by atoms with Crippen LogP contribution in [0, 0.1) is 0 Å². The monoisotopic (exact) mass is 275 g/mol. The highest BCUT2D eigenvalue weighted by atomic mass is 16.5. The summed E-state index contributed by atoms with van der Waals surface area (Å²) in [6.45, 7) is 0. The highest BCUT2D eigenvalue weighted by molar-refractivity contribution is 5.49. The van der Waals surface area contributed by atoms with Crippen molar-refractivity contribution in [3.63, 3.8) is 0 Å². The maximum absolute atomic E-state index is 5.91. The number of hydrogen-bond donors (Lipinski definition) is 1. The Hall–Kier alpha value is -2.02. The van der Waals surface area contributed by atoms with E-state index >= 15 is 0 Å². The molecule has 0 aromatic carbocycles. The van der Waals surface area contributed by atoms with Crippen LogP contribution in [0.25, 0.3) is 11.5 Å². The van der Waals surface area contributed by atoms with E-state index in [-0.39, 0.29) is 0 Å². The minimum atomic E-state index is 0.305. The van der Waals surface area contributed by atoms with Crippen LogP contribution in [0.5, 0.6) is 5.88 Å². The Labute approximate surface area is 116 Å². The predicted octanol–water partition coefficient (Wildman–Crippen LogP) is 1.52. The Morgan fingerprint density at radius 1 is 1.25 bits per heavy atom. The van der Waals surface area contributed by atoms with Crippen molar-refractivity contribution in [2.75, 3.05) is 7.11 Å². The Balaban J connectivity index is 1.79. The van der Waals surface area contributed by atoms with Gasteiger partial charge in [0.05, 0.1) is 7.11 Å². The third-order valence-corrected chi connectivity index (χ3v) is 3.64. The van der Waals surface area contributed by atoms with Crippen molar-refractivity contribution in [2.45, 2.75) is 37.6 Å².